The number of carbonyl (C=O) groups excluding carboxylic acids is 1. The Morgan fingerprint density at radius 3 is 2.96 bits per heavy atom. The number of hydrogen-bond acceptors (Lipinski definition) is 5. The van der Waals surface area contributed by atoms with E-state index in [9.17, 15) is 14.7 Å². The first-order chi connectivity index (χ1) is 11.0. The van der Waals surface area contributed by atoms with Gasteiger partial charge in [-0.1, -0.05) is 12.1 Å². The van der Waals surface area contributed by atoms with Crippen LogP contribution in [-0.2, 0) is 11.2 Å². The summed E-state index contributed by atoms with van der Waals surface area (Å²) in [6.07, 6.45) is 3.44. The number of likely N-dealkylation sites (tertiary alicyclic amines) is 1. The molecule has 3 rings (SSSR count). The largest absolute Gasteiger partial charge is 0.481 e. The molecular formula is C16H19N3O4. The summed E-state index contributed by atoms with van der Waals surface area (Å²) in [5.41, 5.74) is 1.61. The number of amides is 1. The first kappa shape index (κ1) is 15.5. The summed E-state index contributed by atoms with van der Waals surface area (Å²) in [7, 11) is 0. The average Bonchev–Trinajstić information content (AvgIpc) is 2.96. The van der Waals surface area contributed by atoms with Crippen LogP contribution < -0.4 is 0 Å². The lowest BCUT2D eigenvalue weighted by Crippen LogP contribution is -2.49. The second kappa shape index (κ2) is 5.98. The third kappa shape index (κ3) is 2.67. The van der Waals surface area contributed by atoms with Crippen LogP contribution in [0.3, 0.4) is 0 Å². The molecule has 0 bridgehead atoms. The number of aliphatic carboxylic acids is 1. The van der Waals surface area contributed by atoms with Gasteiger partial charge in [-0.25, -0.2) is 4.98 Å². The summed E-state index contributed by atoms with van der Waals surface area (Å²) in [5, 5.41) is 14.0. The molecule has 122 valence electrons. The van der Waals surface area contributed by atoms with E-state index in [-0.39, 0.29) is 11.9 Å². The first-order valence-corrected chi connectivity index (χ1v) is 7.81. The zero-order valence-corrected chi connectivity index (χ0v) is 13.2. The lowest BCUT2D eigenvalue weighted by molar-refractivity contribution is -0.144. The Morgan fingerprint density at radius 2 is 2.26 bits per heavy atom. The smallest absolute Gasteiger partial charge is 0.308 e. The van der Waals surface area contributed by atoms with Crippen molar-refractivity contribution in [1.29, 1.82) is 0 Å². The maximum absolute atomic E-state index is 12.8. The van der Waals surface area contributed by atoms with E-state index in [4.69, 9.17) is 4.52 Å². The quantitative estimate of drug-likeness (QED) is 0.931. The molecule has 2 atom stereocenters. The fourth-order valence-corrected chi connectivity index (χ4v) is 3.18. The normalized spacial score (nSPS) is 21.6. The summed E-state index contributed by atoms with van der Waals surface area (Å²) in [6, 6.07) is 1.40. The SMILES string of the molecule is CCc1noc2ncc(C(=O)N3CCC[C@H](C(=O)O)[C@@H]3C)cc12. The third-order valence-electron chi connectivity index (χ3n) is 4.55. The molecule has 1 fully saturated rings. The molecule has 3 heterocycles. The van der Waals surface area contributed by atoms with E-state index in [1.165, 1.54) is 6.20 Å². The van der Waals surface area contributed by atoms with Crippen molar-refractivity contribution in [1.82, 2.24) is 15.0 Å². The van der Waals surface area contributed by atoms with Crippen LogP contribution in [0.4, 0.5) is 0 Å². The molecule has 0 aliphatic carbocycles. The Hall–Kier alpha value is -2.44. The highest BCUT2D eigenvalue weighted by atomic mass is 16.5. The summed E-state index contributed by atoms with van der Waals surface area (Å²) in [6.45, 7) is 4.31. The van der Waals surface area contributed by atoms with Gasteiger partial charge in [0.25, 0.3) is 11.6 Å². The number of carboxylic acids is 1. The minimum Gasteiger partial charge on any atom is -0.481 e. The summed E-state index contributed by atoms with van der Waals surface area (Å²) in [5.74, 6) is -1.57. The Morgan fingerprint density at radius 1 is 1.48 bits per heavy atom. The van der Waals surface area contributed by atoms with Crippen LogP contribution in [0.15, 0.2) is 16.8 Å². The fraction of sp³-hybridized carbons (Fsp3) is 0.500. The molecule has 1 saturated heterocycles. The van der Waals surface area contributed by atoms with Crippen LogP contribution >= 0.6 is 0 Å². The van der Waals surface area contributed by atoms with Crippen LogP contribution in [0.25, 0.3) is 11.1 Å². The highest BCUT2D eigenvalue weighted by Gasteiger charge is 2.35. The van der Waals surface area contributed by atoms with Crippen LogP contribution in [0.1, 0.15) is 42.7 Å². The van der Waals surface area contributed by atoms with Crippen LogP contribution in [-0.4, -0.2) is 44.6 Å². The van der Waals surface area contributed by atoms with E-state index in [1.54, 1.807) is 17.9 Å². The van der Waals surface area contributed by atoms with E-state index in [0.717, 1.165) is 11.1 Å². The van der Waals surface area contributed by atoms with Gasteiger partial charge in [0.15, 0.2) is 0 Å². The van der Waals surface area contributed by atoms with Crippen molar-refractivity contribution >= 4 is 23.0 Å². The van der Waals surface area contributed by atoms with Crippen LogP contribution in [0, 0.1) is 5.92 Å². The standard InChI is InChI=1S/C16H19N3O4/c1-3-13-12-7-10(8-17-14(12)23-18-13)15(20)19-6-4-5-11(9(19)2)16(21)22/h7-9,11H,3-6H2,1-2H3,(H,21,22)/t9-,11-/m0/s1. The zero-order valence-electron chi connectivity index (χ0n) is 13.2. The summed E-state index contributed by atoms with van der Waals surface area (Å²) >= 11 is 0. The maximum Gasteiger partial charge on any atom is 0.308 e. The van der Waals surface area contributed by atoms with Crippen molar-refractivity contribution in [2.24, 2.45) is 5.92 Å². The predicted octanol–water partition coefficient (Wildman–Crippen LogP) is 2.11. The molecule has 1 amide bonds. The van der Waals surface area contributed by atoms with Gasteiger partial charge >= 0.3 is 5.97 Å². The van der Waals surface area contributed by atoms with Crippen molar-refractivity contribution in [3.05, 3.63) is 23.5 Å². The van der Waals surface area contributed by atoms with Gasteiger partial charge in [0, 0.05) is 18.8 Å². The van der Waals surface area contributed by atoms with Crippen molar-refractivity contribution in [2.45, 2.75) is 39.2 Å². The number of aryl methyl sites for hydroxylation is 1. The van der Waals surface area contributed by atoms with E-state index in [0.29, 0.717) is 37.1 Å². The highest BCUT2D eigenvalue weighted by molar-refractivity contribution is 5.97. The molecular weight excluding hydrogens is 298 g/mol. The minimum absolute atomic E-state index is 0.193. The number of carboxylic acid groups (broad SMARTS) is 1. The number of piperidine rings is 1. The first-order valence-electron chi connectivity index (χ1n) is 7.81. The third-order valence-corrected chi connectivity index (χ3v) is 4.55. The van der Waals surface area contributed by atoms with Crippen molar-refractivity contribution < 1.29 is 19.2 Å². The highest BCUT2D eigenvalue weighted by Crippen LogP contribution is 2.26. The number of pyridine rings is 1. The second-order valence-electron chi connectivity index (χ2n) is 5.89. The maximum atomic E-state index is 12.8. The molecule has 1 aliphatic rings. The van der Waals surface area contributed by atoms with Gasteiger partial charge in [0.2, 0.25) is 0 Å². The van der Waals surface area contributed by atoms with Gasteiger partial charge in [-0.2, -0.15) is 0 Å². The molecule has 1 aliphatic heterocycles. The topological polar surface area (TPSA) is 96.5 Å². The molecule has 2 aromatic rings. The molecule has 2 aromatic heterocycles. The van der Waals surface area contributed by atoms with Gasteiger partial charge in [-0.3, -0.25) is 9.59 Å². The number of aromatic nitrogens is 2. The van der Waals surface area contributed by atoms with Gasteiger partial charge in [-0.05, 0) is 32.3 Å². The van der Waals surface area contributed by atoms with Crippen molar-refractivity contribution in [2.75, 3.05) is 6.54 Å². The number of fused-ring (bicyclic) bond motifs is 1. The van der Waals surface area contributed by atoms with E-state index >= 15 is 0 Å². The molecule has 0 saturated carbocycles. The zero-order chi connectivity index (χ0) is 16.6. The molecule has 0 radical (unpaired) electrons. The lowest BCUT2D eigenvalue weighted by atomic mass is 9.90. The monoisotopic (exact) mass is 317 g/mol. The van der Waals surface area contributed by atoms with Gasteiger partial charge in [-0.15, -0.1) is 0 Å². The molecule has 0 aromatic carbocycles. The number of nitrogens with zero attached hydrogens (tertiary/aromatic N) is 3. The Balaban J connectivity index is 1.91. The van der Waals surface area contributed by atoms with Crippen LogP contribution in [0.5, 0.6) is 0 Å². The van der Waals surface area contributed by atoms with E-state index in [1.807, 2.05) is 6.92 Å². The number of rotatable bonds is 3. The Bertz CT molecular complexity index is 755. The molecule has 1 N–H and O–H groups in total. The van der Waals surface area contributed by atoms with Gasteiger partial charge < -0.3 is 14.5 Å². The lowest BCUT2D eigenvalue weighted by Gasteiger charge is -2.37. The van der Waals surface area contributed by atoms with E-state index < -0.39 is 11.9 Å². The Kier molecular flexibility index (Phi) is 4.02. The molecule has 7 nitrogen and oxygen atoms in total. The van der Waals surface area contributed by atoms with Gasteiger partial charge in [0.1, 0.15) is 0 Å². The average molecular weight is 317 g/mol. The number of carbonyl (C=O) groups is 2. The second-order valence-corrected chi connectivity index (χ2v) is 5.89. The molecule has 7 heteroatoms. The fourth-order valence-electron chi connectivity index (χ4n) is 3.18. The molecule has 0 unspecified atom stereocenters. The van der Waals surface area contributed by atoms with Gasteiger partial charge in [0.05, 0.1) is 22.6 Å². The van der Waals surface area contributed by atoms with Crippen molar-refractivity contribution in [3.63, 3.8) is 0 Å². The predicted molar refractivity (Wildman–Crippen MR) is 82.0 cm³/mol. The molecule has 0 spiro atoms. The van der Waals surface area contributed by atoms with Crippen LogP contribution in [0.2, 0.25) is 0 Å². The summed E-state index contributed by atoms with van der Waals surface area (Å²) in [4.78, 5) is 29.9. The Labute approximate surface area is 133 Å². The van der Waals surface area contributed by atoms with Crippen molar-refractivity contribution in [3.8, 4) is 0 Å². The minimum atomic E-state index is -0.851. The summed E-state index contributed by atoms with van der Waals surface area (Å²) < 4.78 is 5.13. The van der Waals surface area contributed by atoms with E-state index in [2.05, 4.69) is 10.1 Å². The molecule has 23 heavy (non-hydrogen) atoms. The number of hydrogen-bond donors (Lipinski definition) is 1.